The van der Waals surface area contributed by atoms with Crippen LogP contribution in [0.2, 0.25) is 0 Å². The Hall–Kier alpha value is -2.37. The minimum Gasteiger partial charge on any atom is -0.492 e. The number of carbonyl (C=O) groups is 1. The first-order valence-electron chi connectivity index (χ1n) is 11.2. The van der Waals surface area contributed by atoms with E-state index >= 15 is 0 Å². The Balaban J connectivity index is 1.19. The van der Waals surface area contributed by atoms with Crippen LogP contribution in [0.3, 0.4) is 0 Å². The van der Waals surface area contributed by atoms with Gasteiger partial charge in [-0.2, -0.15) is 0 Å². The minimum atomic E-state index is 0.149. The molecule has 1 amide bonds. The first-order valence-corrected chi connectivity index (χ1v) is 11.2. The number of amides is 1. The summed E-state index contributed by atoms with van der Waals surface area (Å²) in [6, 6.07) is 20.5. The van der Waals surface area contributed by atoms with Crippen LogP contribution in [0.4, 0.5) is 0 Å². The van der Waals surface area contributed by atoms with Crippen LogP contribution < -0.4 is 4.74 Å². The number of piperazine rings is 1. The predicted molar refractivity (Wildman–Crippen MR) is 119 cm³/mol. The van der Waals surface area contributed by atoms with Crippen LogP contribution in [-0.2, 0) is 11.3 Å². The van der Waals surface area contributed by atoms with Crippen LogP contribution in [0.15, 0.2) is 60.7 Å². The van der Waals surface area contributed by atoms with Gasteiger partial charge in [-0.1, -0.05) is 48.5 Å². The van der Waals surface area contributed by atoms with Gasteiger partial charge in [0.25, 0.3) is 0 Å². The largest absolute Gasteiger partial charge is 0.492 e. The molecular formula is C25H33N3O2. The molecule has 0 radical (unpaired) electrons. The lowest BCUT2D eigenvalue weighted by Crippen LogP contribution is -2.53. The second kappa shape index (κ2) is 10.6. The third-order valence-electron chi connectivity index (χ3n) is 6.21. The Bertz CT molecular complexity index is 775. The number of ether oxygens (including phenoxy) is 1. The fraction of sp³-hybridized carbons (Fsp3) is 0.480. The highest BCUT2D eigenvalue weighted by Crippen LogP contribution is 2.21. The molecule has 160 valence electrons. The van der Waals surface area contributed by atoms with E-state index in [2.05, 4.69) is 45.0 Å². The molecule has 30 heavy (non-hydrogen) atoms. The summed E-state index contributed by atoms with van der Waals surface area (Å²) in [4.78, 5) is 20.0. The predicted octanol–water partition coefficient (Wildman–Crippen LogP) is 3.12. The molecule has 2 aromatic carbocycles. The van der Waals surface area contributed by atoms with E-state index in [-0.39, 0.29) is 5.92 Å². The number of carbonyl (C=O) groups excluding carboxylic acids is 1. The number of hydrogen-bond donors (Lipinski definition) is 0. The van der Waals surface area contributed by atoms with E-state index < -0.39 is 0 Å². The average Bonchev–Trinajstić information content (AvgIpc) is 2.81. The van der Waals surface area contributed by atoms with Crippen molar-refractivity contribution in [1.82, 2.24) is 14.7 Å². The van der Waals surface area contributed by atoms with E-state index in [1.54, 1.807) is 0 Å². The first-order chi connectivity index (χ1) is 14.8. The average molecular weight is 408 g/mol. The molecule has 0 aliphatic carbocycles. The van der Waals surface area contributed by atoms with Gasteiger partial charge in [0.15, 0.2) is 0 Å². The fourth-order valence-corrected chi connectivity index (χ4v) is 4.50. The Labute approximate surface area is 180 Å². The Kier molecular flexibility index (Phi) is 7.38. The Morgan fingerprint density at radius 1 is 0.867 bits per heavy atom. The van der Waals surface area contributed by atoms with Crippen LogP contribution in [0.5, 0.6) is 5.75 Å². The molecule has 0 aromatic heterocycles. The number of benzene rings is 2. The summed E-state index contributed by atoms with van der Waals surface area (Å²) in [7, 11) is 0. The van der Waals surface area contributed by atoms with Gasteiger partial charge in [-0.25, -0.2) is 0 Å². The van der Waals surface area contributed by atoms with Crippen molar-refractivity contribution in [2.24, 2.45) is 5.92 Å². The Morgan fingerprint density at radius 2 is 1.57 bits per heavy atom. The van der Waals surface area contributed by atoms with Crippen LogP contribution in [0.25, 0.3) is 0 Å². The third-order valence-corrected chi connectivity index (χ3v) is 6.21. The van der Waals surface area contributed by atoms with Gasteiger partial charge in [0.1, 0.15) is 12.4 Å². The lowest BCUT2D eigenvalue weighted by molar-refractivity contribution is -0.139. The summed E-state index contributed by atoms with van der Waals surface area (Å²) in [6.07, 6.45) is 2.13. The van der Waals surface area contributed by atoms with Gasteiger partial charge in [0, 0.05) is 45.8 Å². The van der Waals surface area contributed by atoms with E-state index in [1.807, 2.05) is 30.3 Å². The summed E-state index contributed by atoms with van der Waals surface area (Å²) in [5, 5.41) is 0. The molecular weight excluding hydrogens is 374 g/mol. The quantitative estimate of drug-likeness (QED) is 0.707. The second-order valence-electron chi connectivity index (χ2n) is 8.39. The van der Waals surface area contributed by atoms with E-state index in [1.165, 1.54) is 5.56 Å². The molecule has 0 bridgehead atoms. The lowest BCUT2D eigenvalue weighted by Gasteiger charge is -2.39. The molecule has 1 atom stereocenters. The number of piperidine rings is 1. The SMILES string of the molecule is O=C(C1CCCN(Cc2ccccc2)C1)N1CCN(CCOc2ccccc2)CC1. The first kappa shape index (κ1) is 20.9. The van der Waals surface area contributed by atoms with Crippen LogP contribution in [-0.4, -0.2) is 73.0 Å². The van der Waals surface area contributed by atoms with Crippen LogP contribution in [0.1, 0.15) is 18.4 Å². The van der Waals surface area contributed by atoms with E-state index in [0.717, 1.165) is 70.9 Å². The summed E-state index contributed by atoms with van der Waals surface area (Å²) in [5.41, 5.74) is 1.33. The maximum atomic E-state index is 13.1. The molecule has 0 saturated carbocycles. The molecule has 2 aromatic rings. The number of rotatable bonds is 7. The molecule has 2 saturated heterocycles. The van der Waals surface area contributed by atoms with Crippen molar-refractivity contribution in [2.75, 3.05) is 52.4 Å². The third kappa shape index (κ3) is 5.83. The smallest absolute Gasteiger partial charge is 0.227 e. The summed E-state index contributed by atoms with van der Waals surface area (Å²) in [6.45, 7) is 8.06. The highest BCUT2D eigenvalue weighted by atomic mass is 16.5. The molecule has 4 rings (SSSR count). The zero-order valence-electron chi connectivity index (χ0n) is 17.8. The normalized spacial score (nSPS) is 20.8. The number of hydrogen-bond acceptors (Lipinski definition) is 4. The molecule has 0 N–H and O–H groups in total. The van der Waals surface area contributed by atoms with Crippen molar-refractivity contribution in [1.29, 1.82) is 0 Å². The van der Waals surface area contributed by atoms with Crippen LogP contribution >= 0.6 is 0 Å². The summed E-state index contributed by atoms with van der Waals surface area (Å²) >= 11 is 0. The van der Waals surface area contributed by atoms with Gasteiger partial charge in [-0.05, 0) is 37.1 Å². The van der Waals surface area contributed by atoms with Crippen molar-refractivity contribution in [2.45, 2.75) is 19.4 Å². The molecule has 2 fully saturated rings. The van der Waals surface area contributed by atoms with Gasteiger partial charge in [0.05, 0.1) is 5.92 Å². The van der Waals surface area contributed by atoms with Crippen molar-refractivity contribution < 1.29 is 9.53 Å². The molecule has 5 heteroatoms. The number of para-hydroxylation sites is 1. The van der Waals surface area contributed by atoms with Crippen molar-refractivity contribution in [3.63, 3.8) is 0 Å². The van der Waals surface area contributed by atoms with Gasteiger partial charge in [-0.3, -0.25) is 14.6 Å². The highest BCUT2D eigenvalue weighted by molar-refractivity contribution is 5.79. The number of nitrogens with zero attached hydrogens (tertiary/aromatic N) is 3. The molecule has 2 heterocycles. The van der Waals surface area contributed by atoms with Crippen molar-refractivity contribution in [3.8, 4) is 5.75 Å². The highest BCUT2D eigenvalue weighted by Gasteiger charge is 2.30. The molecule has 1 unspecified atom stereocenters. The summed E-state index contributed by atoms with van der Waals surface area (Å²) < 4.78 is 5.81. The van der Waals surface area contributed by atoms with Crippen molar-refractivity contribution >= 4 is 5.91 Å². The zero-order chi connectivity index (χ0) is 20.6. The van der Waals surface area contributed by atoms with Crippen molar-refractivity contribution in [3.05, 3.63) is 66.2 Å². The minimum absolute atomic E-state index is 0.149. The molecule has 0 spiro atoms. The second-order valence-corrected chi connectivity index (χ2v) is 8.39. The van der Waals surface area contributed by atoms with E-state index in [0.29, 0.717) is 12.5 Å². The summed E-state index contributed by atoms with van der Waals surface area (Å²) in [5.74, 6) is 1.42. The number of likely N-dealkylation sites (tertiary alicyclic amines) is 1. The fourth-order valence-electron chi connectivity index (χ4n) is 4.50. The van der Waals surface area contributed by atoms with E-state index in [9.17, 15) is 4.79 Å². The Morgan fingerprint density at radius 3 is 2.30 bits per heavy atom. The van der Waals surface area contributed by atoms with E-state index in [4.69, 9.17) is 4.74 Å². The van der Waals surface area contributed by atoms with Gasteiger partial charge >= 0.3 is 0 Å². The zero-order valence-corrected chi connectivity index (χ0v) is 17.8. The monoisotopic (exact) mass is 407 g/mol. The van der Waals surface area contributed by atoms with Gasteiger partial charge in [0.2, 0.25) is 5.91 Å². The molecule has 2 aliphatic heterocycles. The molecule has 2 aliphatic rings. The van der Waals surface area contributed by atoms with Gasteiger partial charge < -0.3 is 9.64 Å². The maximum Gasteiger partial charge on any atom is 0.227 e. The molecule has 5 nitrogen and oxygen atoms in total. The maximum absolute atomic E-state index is 13.1. The van der Waals surface area contributed by atoms with Crippen LogP contribution in [0, 0.1) is 5.92 Å². The van der Waals surface area contributed by atoms with Gasteiger partial charge in [-0.15, -0.1) is 0 Å². The lowest BCUT2D eigenvalue weighted by atomic mass is 9.95. The standard InChI is InChI=1S/C25H33N3O2/c29-25(23-10-7-13-27(21-23)20-22-8-3-1-4-9-22)28-16-14-26(15-17-28)18-19-30-24-11-5-2-6-12-24/h1-6,8-9,11-12,23H,7,10,13-21H2. The topological polar surface area (TPSA) is 36.0 Å².